The quantitative estimate of drug-likeness (QED) is 0.716. The van der Waals surface area contributed by atoms with Gasteiger partial charge in [-0.05, 0) is 24.3 Å². The molecule has 1 aliphatic rings. The number of thioether (sulfide) groups is 1. The van der Waals surface area contributed by atoms with Gasteiger partial charge in [0.05, 0.1) is 5.69 Å². The molecule has 4 nitrogen and oxygen atoms in total. The maximum Gasteiger partial charge on any atom is 0.255 e. The number of carbonyl (C=O) groups is 1. The Morgan fingerprint density at radius 3 is 2.46 bits per heavy atom. The lowest BCUT2D eigenvalue weighted by atomic mass is 10.1. The van der Waals surface area contributed by atoms with Crippen molar-refractivity contribution in [1.82, 2.24) is 4.98 Å². The zero-order valence-electron chi connectivity index (χ0n) is 14.2. The van der Waals surface area contributed by atoms with Gasteiger partial charge in [-0.15, -0.1) is 11.3 Å². The van der Waals surface area contributed by atoms with Crippen molar-refractivity contribution in [2.45, 2.75) is 0 Å². The molecule has 1 amide bonds. The van der Waals surface area contributed by atoms with Crippen molar-refractivity contribution < 1.29 is 4.79 Å². The van der Waals surface area contributed by atoms with Crippen LogP contribution in [0.3, 0.4) is 0 Å². The van der Waals surface area contributed by atoms with E-state index in [9.17, 15) is 4.79 Å². The number of nitrogens with zero attached hydrogens (tertiary/aromatic N) is 2. The molecule has 0 radical (unpaired) electrons. The lowest BCUT2D eigenvalue weighted by molar-refractivity contribution is 0.102. The number of carbonyl (C=O) groups excluding carboxylic acids is 1. The smallest absolute Gasteiger partial charge is 0.255 e. The molecule has 0 bridgehead atoms. The van der Waals surface area contributed by atoms with E-state index in [0.29, 0.717) is 5.56 Å². The van der Waals surface area contributed by atoms with Crippen molar-refractivity contribution in [2.24, 2.45) is 0 Å². The summed E-state index contributed by atoms with van der Waals surface area (Å²) in [5, 5.41) is 6.13. The van der Waals surface area contributed by atoms with Crippen LogP contribution in [0.4, 0.5) is 10.8 Å². The van der Waals surface area contributed by atoms with E-state index < -0.39 is 0 Å². The molecule has 4 rings (SSSR count). The number of hydrogen-bond acceptors (Lipinski definition) is 5. The van der Waals surface area contributed by atoms with E-state index in [1.807, 2.05) is 54.2 Å². The molecule has 26 heavy (non-hydrogen) atoms. The Balaban J connectivity index is 1.44. The van der Waals surface area contributed by atoms with E-state index in [4.69, 9.17) is 4.98 Å². The summed E-state index contributed by atoms with van der Waals surface area (Å²) in [4.78, 5) is 19.4. The standard InChI is InChI=1S/C20H19N3OS2/c24-19(16-4-2-1-3-5-16)21-17-8-6-15(7-9-17)18-14-26-20(22-18)23-10-12-25-13-11-23/h1-9,14H,10-13H2,(H,21,24). The van der Waals surface area contributed by atoms with Crippen LogP contribution in [0.2, 0.25) is 0 Å². The molecule has 1 aliphatic heterocycles. The predicted molar refractivity (Wildman–Crippen MR) is 111 cm³/mol. The summed E-state index contributed by atoms with van der Waals surface area (Å²) < 4.78 is 0. The van der Waals surface area contributed by atoms with Gasteiger partial charge in [-0.25, -0.2) is 4.98 Å². The molecule has 1 aromatic heterocycles. The van der Waals surface area contributed by atoms with Gasteiger partial charge in [0, 0.05) is 46.8 Å². The van der Waals surface area contributed by atoms with Crippen molar-refractivity contribution >= 4 is 39.8 Å². The van der Waals surface area contributed by atoms with E-state index in [2.05, 4.69) is 15.6 Å². The van der Waals surface area contributed by atoms with Crippen LogP contribution in [-0.4, -0.2) is 35.5 Å². The third-order valence-electron chi connectivity index (χ3n) is 4.25. The SMILES string of the molecule is O=C(Nc1ccc(-c2csc(N3CCSCC3)n2)cc1)c1ccccc1. The fourth-order valence-corrected chi connectivity index (χ4v) is 4.61. The van der Waals surface area contributed by atoms with Crippen LogP contribution in [-0.2, 0) is 0 Å². The first-order chi connectivity index (χ1) is 12.8. The van der Waals surface area contributed by atoms with Gasteiger partial charge in [-0.3, -0.25) is 4.79 Å². The van der Waals surface area contributed by atoms with Gasteiger partial charge in [-0.1, -0.05) is 30.3 Å². The van der Waals surface area contributed by atoms with Crippen LogP contribution in [0, 0.1) is 0 Å². The number of amides is 1. The van der Waals surface area contributed by atoms with Crippen LogP contribution in [0.5, 0.6) is 0 Å². The number of hydrogen-bond donors (Lipinski definition) is 1. The van der Waals surface area contributed by atoms with Gasteiger partial charge in [0.25, 0.3) is 5.91 Å². The molecule has 0 saturated carbocycles. The lowest BCUT2D eigenvalue weighted by Crippen LogP contribution is -2.32. The highest BCUT2D eigenvalue weighted by atomic mass is 32.2. The van der Waals surface area contributed by atoms with Gasteiger partial charge >= 0.3 is 0 Å². The summed E-state index contributed by atoms with van der Waals surface area (Å²) in [5.41, 5.74) is 3.49. The highest BCUT2D eigenvalue weighted by molar-refractivity contribution is 7.99. The van der Waals surface area contributed by atoms with Crippen molar-refractivity contribution in [2.75, 3.05) is 34.8 Å². The highest BCUT2D eigenvalue weighted by Crippen LogP contribution is 2.29. The molecular formula is C20H19N3OS2. The normalized spacial score (nSPS) is 14.2. The average Bonchev–Trinajstić information content (AvgIpc) is 3.20. The first-order valence-electron chi connectivity index (χ1n) is 8.55. The lowest BCUT2D eigenvalue weighted by Gasteiger charge is -2.25. The molecule has 3 aromatic rings. The molecule has 2 aromatic carbocycles. The predicted octanol–water partition coefficient (Wildman–Crippen LogP) is 4.62. The molecule has 2 heterocycles. The molecule has 0 aliphatic carbocycles. The summed E-state index contributed by atoms with van der Waals surface area (Å²) in [6, 6.07) is 17.1. The minimum Gasteiger partial charge on any atom is -0.346 e. The van der Waals surface area contributed by atoms with Gasteiger partial charge in [-0.2, -0.15) is 11.8 Å². The molecule has 1 saturated heterocycles. The Morgan fingerprint density at radius 1 is 1.00 bits per heavy atom. The Morgan fingerprint density at radius 2 is 1.73 bits per heavy atom. The van der Waals surface area contributed by atoms with Crippen LogP contribution in [0.15, 0.2) is 60.0 Å². The first kappa shape index (κ1) is 17.1. The molecule has 0 spiro atoms. The number of benzene rings is 2. The second-order valence-electron chi connectivity index (χ2n) is 6.01. The second-order valence-corrected chi connectivity index (χ2v) is 8.07. The number of nitrogens with one attached hydrogen (secondary N) is 1. The number of anilines is 2. The molecule has 6 heteroatoms. The van der Waals surface area contributed by atoms with E-state index >= 15 is 0 Å². The summed E-state index contributed by atoms with van der Waals surface area (Å²) in [5.74, 6) is 2.24. The Bertz CT molecular complexity index is 872. The van der Waals surface area contributed by atoms with Gasteiger partial charge < -0.3 is 10.2 Å². The van der Waals surface area contributed by atoms with E-state index in [1.165, 1.54) is 11.5 Å². The van der Waals surface area contributed by atoms with Crippen LogP contribution < -0.4 is 10.2 Å². The largest absolute Gasteiger partial charge is 0.346 e. The second kappa shape index (κ2) is 7.93. The van der Waals surface area contributed by atoms with Gasteiger partial charge in [0.1, 0.15) is 0 Å². The first-order valence-corrected chi connectivity index (χ1v) is 10.6. The topological polar surface area (TPSA) is 45.2 Å². The van der Waals surface area contributed by atoms with Crippen molar-refractivity contribution in [3.63, 3.8) is 0 Å². The molecule has 0 unspecified atom stereocenters. The molecule has 132 valence electrons. The average molecular weight is 382 g/mol. The zero-order valence-corrected chi connectivity index (χ0v) is 15.9. The van der Waals surface area contributed by atoms with Crippen LogP contribution in [0.25, 0.3) is 11.3 Å². The minimum absolute atomic E-state index is 0.0998. The maximum absolute atomic E-state index is 12.2. The fraction of sp³-hybridized carbons (Fsp3) is 0.200. The van der Waals surface area contributed by atoms with Crippen LogP contribution in [0.1, 0.15) is 10.4 Å². The van der Waals surface area contributed by atoms with E-state index in [-0.39, 0.29) is 5.91 Å². The van der Waals surface area contributed by atoms with Gasteiger partial charge in [0.2, 0.25) is 0 Å². The zero-order chi connectivity index (χ0) is 17.8. The Hall–Kier alpha value is -2.31. The summed E-state index contributed by atoms with van der Waals surface area (Å²) in [7, 11) is 0. The maximum atomic E-state index is 12.2. The van der Waals surface area contributed by atoms with Crippen molar-refractivity contribution in [3.05, 3.63) is 65.5 Å². The number of thiazole rings is 1. The summed E-state index contributed by atoms with van der Waals surface area (Å²) in [6.07, 6.45) is 0. The molecule has 0 atom stereocenters. The third-order valence-corrected chi connectivity index (χ3v) is 6.09. The van der Waals surface area contributed by atoms with E-state index in [0.717, 1.165) is 35.2 Å². The summed E-state index contributed by atoms with van der Waals surface area (Å²) >= 11 is 3.70. The number of rotatable bonds is 4. The highest BCUT2D eigenvalue weighted by Gasteiger charge is 2.15. The third kappa shape index (κ3) is 3.92. The Kier molecular flexibility index (Phi) is 5.22. The minimum atomic E-state index is -0.0998. The fourth-order valence-electron chi connectivity index (χ4n) is 2.81. The van der Waals surface area contributed by atoms with Crippen molar-refractivity contribution in [3.8, 4) is 11.3 Å². The van der Waals surface area contributed by atoms with E-state index in [1.54, 1.807) is 23.5 Å². The Labute approximate surface area is 161 Å². The molecule has 1 N–H and O–H groups in total. The monoisotopic (exact) mass is 381 g/mol. The molecule has 1 fully saturated rings. The number of aromatic nitrogens is 1. The van der Waals surface area contributed by atoms with Crippen molar-refractivity contribution in [1.29, 1.82) is 0 Å². The molecular weight excluding hydrogens is 362 g/mol. The van der Waals surface area contributed by atoms with Crippen LogP contribution >= 0.6 is 23.1 Å². The van der Waals surface area contributed by atoms with Gasteiger partial charge in [0.15, 0.2) is 5.13 Å². The summed E-state index contributed by atoms with van der Waals surface area (Å²) in [6.45, 7) is 2.14.